The highest BCUT2D eigenvalue weighted by atomic mass is 16.5. The highest BCUT2D eigenvalue weighted by Crippen LogP contribution is 2.31. The molecule has 0 radical (unpaired) electrons. The summed E-state index contributed by atoms with van der Waals surface area (Å²) in [7, 11) is 3.30. The zero-order valence-electron chi connectivity index (χ0n) is 20.3. The van der Waals surface area contributed by atoms with E-state index in [-0.39, 0.29) is 6.47 Å². The molecule has 0 spiro atoms. The predicted molar refractivity (Wildman–Crippen MR) is 139 cm³/mol. The first kappa shape index (κ1) is 28.4. The average molecular weight is 466 g/mol. The van der Waals surface area contributed by atoms with Crippen molar-refractivity contribution in [2.45, 2.75) is 26.8 Å². The minimum atomic E-state index is -0.250. The number of hydrogen-bond acceptors (Lipinski definition) is 5. The lowest BCUT2D eigenvalue weighted by molar-refractivity contribution is -0.122. The molecule has 3 aromatic rings. The lowest BCUT2D eigenvalue weighted by atomic mass is 9.96. The van der Waals surface area contributed by atoms with E-state index in [0.717, 1.165) is 29.0 Å². The summed E-state index contributed by atoms with van der Waals surface area (Å²) in [5, 5.41) is 14.8. The summed E-state index contributed by atoms with van der Waals surface area (Å²) in [5.41, 5.74) is 12.6. The summed E-state index contributed by atoms with van der Waals surface area (Å²) in [4.78, 5) is 8.36. The normalized spacial score (nSPS) is 9.94. The van der Waals surface area contributed by atoms with Crippen LogP contribution in [0.2, 0.25) is 0 Å². The topological polar surface area (TPSA) is 102 Å². The minimum Gasteiger partial charge on any atom is -0.496 e. The Bertz CT molecular complexity index is 1010. The second-order valence-electron chi connectivity index (χ2n) is 7.16. The molecular weight excluding hydrogens is 430 g/mol. The fourth-order valence-corrected chi connectivity index (χ4v) is 3.25. The molecule has 0 saturated carbocycles. The quantitative estimate of drug-likeness (QED) is 0.319. The van der Waals surface area contributed by atoms with Gasteiger partial charge >= 0.3 is 0 Å². The first-order valence-corrected chi connectivity index (χ1v) is 11.0. The lowest BCUT2D eigenvalue weighted by Crippen LogP contribution is -2.03. The van der Waals surface area contributed by atoms with Gasteiger partial charge in [-0.2, -0.15) is 0 Å². The van der Waals surface area contributed by atoms with Gasteiger partial charge in [-0.25, -0.2) is 0 Å². The van der Waals surface area contributed by atoms with Gasteiger partial charge in [-0.1, -0.05) is 67.6 Å². The van der Waals surface area contributed by atoms with Crippen LogP contribution in [0.4, 0.5) is 0 Å². The van der Waals surface area contributed by atoms with Crippen molar-refractivity contribution in [2.24, 2.45) is 5.73 Å². The first-order valence-electron chi connectivity index (χ1n) is 11.0. The molecule has 0 aliphatic carbocycles. The molecule has 34 heavy (non-hydrogen) atoms. The van der Waals surface area contributed by atoms with E-state index in [9.17, 15) is 0 Å². The fourth-order valence-electron chi connectivity index (χ4n) is 3.25. The number of benzene rings is 3. The van der Waals surface area contributed by atoms with Crippen LogP contribution in [-0.4, -0.2) is 37.5 Å². The van der Waals surface area contributed by atoms with Crippen molar-refractivity contribution in [2.75, 3.05) is 20.8 Å². The van der Waals surface area contributed by atoms with E-state index in [4.69, 9.17) is 30.2 Å². The maximum absolute atomic E-state index is 8.36. The van der Waals surface area contributed by atoms with Crippen molar-refractivity contribution in [3.8, 4) is 22.6 Å². The van der Waals surface area contributed by atoms with E-state index in [2.05, 4.69) is 61.5 Å². The van der Waals surface area contributed by atoms with Crippen LogP contribution in [-0.2, 0) is 11.3 Å². The number of methoxy groups -OCH3 is 2. The molecule has 0 atom stereocenters. The summed E-state index contributed by atoms with van der Waals surface area (Å²) < 4.78 is 11.0. The van der Waals surface area contributed by atoms with E-state index in [1.54, 1.807) is 14.2 Å². The van der Waals surface area contributed by atoms with Gasteiger partial charge in [0.25, 0.3) is 6.47 Å². The number of carboxylic acid groups (broad SMARTS) is 1. The number of nitrogens with two attached hydrogens (primary N) is 1. The van der Waals surface area contributed by atoms with Crippen LogP contribution in [0.3, 0.4) is 0 Å². The molecule has 0 bridgehead atoms. The van der Waals surface area contributed by atoms with Crippen LogP contribution in [0.5, 0.6) is 11.5 Å². The molecule has 4 N–H and O–H groups in total. The van der Waals surface area contributed by atoms with Gasteiger partial charge < -0.3 is 25.4 Å². The monoisotopic (exact) mass is 465 g/mol. The van der Waals surface area contributed by atoms with Gasteiger partial charge in [0.2, 0.25) is 0 Å². The molecule has 6 heteroatoms. The van der Waals surface area contributed by atoms with Crippen LogP contribution < -0.4 is 15.2 Å². The number of ether oxygens (including phenoxy) is 2. The molecular formula is C28H35NO5. The Hall–Kier alpha value is -3.61. The van der Waals surface area contributed by atoms with E-state index in [0.29, 0.717) is 13.2 Å². The highest BCUT2D eigenvalue weighted by Gasteiger charge is 2.10. The van der Waals surface area contributed by atoms with Gasteiger partial charge in [-0.3, -0.25) is 4.79 Å². The van der Waals surface area contributed by atoms with Gasteiger partial charge in [-0.15, -0.1) is 0 Å². The summed E-state index contributed by atoms with van der Waals surface area (Å²) >= 11 is 0. The van der Waals surface area contributed by atoms with Gasteiger partial charge in [0.15, 0.2) is 0 Å². The van der Waals surface area contributed by atoms with E-state index in [1.807, 2.05) is 25.1 Å². The third-order valence-corrected chi connectivity index (χ3v) is 4.97. The molecule has 6 nitrogen and oxygen atoms in total. The summed E-state index contributed by atoms with van der Waals surface area (Å²) in [6.07, 6.45) is 5.07. The fraction of sp³-hybridized carbons (Fsp3) is 0.250. The van der Waals surface area contributed by atoms with E-state index in [1.165, 1.54) is 22.3 Å². The Morgan fingerprint density at radius 3 is 1.97 bits per heavy atom. The van der Waals surface area contributed by atoms with Crippen molar-refractivity contribution >= 4 is 18.6 Å². The molecule has 0 saturated heterocycles. The molecule has 0 aromatic heterocycles. The second-order valence-corrected chi connectivity index (χ2v) is 7.16. The van der Waals surface area contributed by atoms with Crippen LogP contribution in [0.25, 0.3) is 23.3 Å². The molecule has 0 aliphatic rings. The van der Waals surface area contributed by atoms with E-state index < -0.39 is 0 Å². The van der Waals surface area contributed by atoms with Crippen molar-refractivity contribution < 1.29 is 24.5 Å². The molecule has 3 rings (SSSR count). The maximum atomic E-state index is 8.36. The molecule has 0 amide bonds. The zero-order valence-corrected chi connectivity index (χ0v) is 20.3. The third-order valence-electron chi connectivity index (χ3n) is 4.97. The van der Waals surface area contributed by atoms with Crippen LogP contribution in [0.15, 0.2) is 60.7 Å². The van der Waals surface area contributed by atoms with E-state index >= 15 is 0 Å². The van der Waals surface area contributed by atoms with Gasteiger partial charge in [0.05, 0.1) is 14.2 Å². The van der Waals surface area contributed by atoms with Crippen LogP contribution in [0, 0.1) is 6.92 Å². The Balaban J connectivity index is 0.000000732. The number of carbonyl (C=O) groups is 1. The lowest BCUT2D eigenvalue weighted by Gasteiger charge is -2.13. The molecule has 0 heterocycles. The summed E-state index contributed by atoms with van der Waals surface area (Å²) in [5.74, 6) is 1.48. The number of aliphatic hydroxyl groups is 1. The zero-order chi connectivity index (χ0) is 25.3. The number of hydrogen-bond donors (Lipinski definition) is 3. The standard InChI is InChI=1S/C24H25NO2.C3H8O.CH2O2/c1-17-19(10-7-11-21(17)20-8-5-4-6-9-20)13-12-18-14-23(26-2)22(16-25)24(15-18)27-3;1-2-3-4;2-1-3/h4-15H,16,25H2,1-3H3;4H,2-3H2,1H3;1H,(H,2,3)/b13-12+;;. The molecule has 0 aliphatic heterocycles. The predicted octanol–water partition coefficient (Wildman–Crippen LogP) is 5.40. The summed E-state index contributed by atoms with van der Waals surface area (Å²) in [6, 6.07) is 20.8. The van der Waals surface area contributed by atoms with Crippen molar-refractivity contribution in [1.29, 1.82) is 0 Å². The Labute approximate surface area is 202 Å². The van der Waals surface area contributed by atoms with Crippen molar-refractivity contribution in [3.63, 3.8) is 0 Å². The Kier molecular flexibility index (Phi) is 13.4. The molecule has 3 aromatic carbocycles. The van der Waals surface area contributed by atoms with Crippen molar-refractivity contribution in [3.05, 3.63) is 82.9 Å². The largest absolute Gasteiger partial charge is 0.496 e. The smallest absolute Gasteiger partial charge is 0.290 e. The molecule has 182 valence electrons. The average Bonchev–Trinajstić information content (AvgIpc) is 2.88. The van der Waals surface area contributed by atoms with Crippen LogP contribution in [0.1, 0.15) is 35.6 Å². The third kappa shape index (κ3) is 8.39. The van der Waals surface area contributed by atoms with Crippen molar-refractivity contribution in [1.82, 2.24) is 0 Å². The second kappa shape index (κ2) is 16.1. The number of aliphatic hydroxyl groups excluding tert-OH is 1. The minimum absolute atomic E-state index is 0.250. The van der Waals surface area contributed by atoms with Crippen LogP contribution >= 0.6 is 0 Å². The van der Waals surface area contributed by atoms with Gasteiger partial charge in [0, 0.05) is 18.7 Å². The molecule has 0 unspecified atom stereocenters. The Morgan fingerprint density at radius 1 is 0.941 bits per heavy atom. The SMILES string of the molecule is CCCO.COc1cc(/C=C/c2cccc(-c3ccccc3)c2C)cc(OC)c1CN.O=CO. The molecule has 0 fully saturated rings. The van der Waals surface area contributed by atoms with Gasteiger partial charge in [0.1, 0.15) is 11.5 Å². The van der Waals surface area contributed by atoms with Gasteiger partial charge in [-0.05, 0) is 53.3 Å². The maximum Gasteiger partial charge on any atom is 0.290 e. The Morgan fingerprint density at radius 2 is 1.50 bits per heavy atom. The highest BCUT2D eigenvalue weighted by molar-refractivity contribution is 5.78. The first-order chi connectivity index (χ1) is 16.5. The summed E-state index contributed by atoms with van der Waals surface area (Å²) in [6.45, 7) is 4.52. The number of rotatable bonds is 7.